The Labute approximate surface area is 357 Å². The van der Waals surface area contributed by atoms with Crippen LogP contribution >= 0.6 is 0 Å². The van der Waals surface area contributed by atoms with Crippen molar-refractivity contribution in [2.75, 3.05) is 4.90 Å². The van der Waals surface area contributed by atoms with Crippen LogP contribution < -0.4 is 4.90 Å². The minimum Gasteiger partial charge on any atom is -0.310 e. The molecular formula is C59H44N2. The Morgan fingerprint density at radius 1 is 0.410 bits per heavy atom. The van der Waals surface area contributed by atoms with Gasteiger partial charge in [0.25, 0.3) is 0 Å². The summed E-state index contributed by atoms with van der Waals surface area (Å²) < 4.78 is 2.42. The van der Waals surface area contributed by atoms with Crippen LogP contribution in [0.1, 0.15) is 48.6 Å². The predicted octanol–water partition coefficient (Wildman–Crippen LogP) is 15.6. The molecular weight excluding hydrogens is 737 g/mol. The maximum absolute atomic E-state index is 2.54. The van der Waals surface area contributed by atoms with Gasteiger partial charge in [-0.05, 0) is 123 Å². The molecule has 10 aromatic rings. The Bertz CT molecular complexity index is 3340. The summed E-state index contributed by atoms with van der Waals surface area (Å²) in [5.41, 5.74) is 20.8. The van der Waals surface area contributed by atoms with Crippen LogP contribution in [0.4, 0.5) is 17.1 Å². The van der Waals surface area contributed by atoms with Gasteiger partial charge in [-0.2, -0.15) is 0 Å². The molecule has 1 atom stereocenters. The largest absolute Gasteiger partial charge is 0.310 e. The summed E-state index contributed by atoms with van der Waals surface area (Å²) in [6, 6.07) is 78.7. The van der Waals surface area contributed by atoms with Crippen LogP contribution in [0.25, 0.3) is 60.9 Å². The lowest BCUT2D eigenvalue weighted by Crippen LogP contribution is -2.23. The van der Waals surface area contributed by atoms with Crippen molar-refractivity contribution in [1.82, 2.24) is 4.57 Å². The smallest absolute Gasteiger partial charge is 0.0562 e. The normalized spacial score (nSPS) is 15.7. The van der Waals surface area contributed by atoms with Gasteiger partial charge >= 0.3 is 0 Å². The van der Waals surface area contributed by atoms with Crippen molar-refractivity contribution in [2.45, 2.75) is 31.6 Å². The average Bonchev–Trinajstić information content (AvgIpc) is 3.88. The molecule has 0 spiro atoms. The summed E-state index contributed by atoms with van der Waals surface area (Å²) in [6.07, 6.45) is 0. The van der Waals surface area contributed by atoms with Crippen molar-refractivity contribution >= 4 is 38.9 Å². The molecule has 2 aliphatic rings. The lowest BCUT2D eigenvalue weighted by atomic mass is 9.74. The first-order valence-electron chi connectivity index (χ1n) is 21.4. The SMILES string of the molecule is CC1(C)c2ccccc2-c2ccc(N(c3ccc4c(c3)C(C)(c3ccccc3)c3cccc(-c5ccccc5)c3-4)c3cccc4c3c3ccccc3n4-c3ccccc3)cc21. The number of benzene rings is 9. The monoisotopic (exact) mass is 780 g/mol. The van der Waals surface area contributed by atoms with E-state index in [1.807, 2.05) is 0 Å². The first kappa shape index (κ1) is 35.5. The standard InChI is InChI=1S/C59H44N2/c1-58(2)49-28-15-13-25-45(49)46-35-33-42(37-51(46)58)60(54-31-18-32-55-57(54)48-26-14-16-30-53(48)61(55)41-23-11-6-12-24-41)43-34-36-47-52(38-43)59(3,40-21-9-5-10-22-40)50-29-17-27-44(56(47)50)39-19-7-4-8-20-39/h4-38H,1-3H3. The minimum atomic E-state index is -0.394. The number of nitrogens with zero attached hydrogens (tertiary/aromatic N) is 2. The average molecular weight is 781 g/mol. The summed E-state index contributed by atoms with van der Waals surface area (Å²) in [6.45, 7) is 7.18. The first-order valence-corrected chi connectivity index (χ1v) is 21.4. The van der Waals surface area contributed by atoms with Gasteiger partial charge in [0, 0.05) is 38.7 Å². The quantitative estimate of drug-likeness (QED) is 0.163. The van der Waals surface area contributed by atoms with Crippen LogP contribution in [0.2, 0.25) is 0 Å². The second kappa shape index (κ2) is 13.3. The van der Waals surface area contributed by atoms with Crippen molar-refractivity contribution in [3.63, 3.8) is 0 Å². The molecule has 12 rings (SSSR count). The van der Waals surface area contributed by atoms with E-state index in [-0.39, 0.29) is 5.41 Å². The van der Waals surface area contributed by atoms with Gasteiger partial charge < -0.3 is 9.47 Å². The van der Waals surface area contributed by atoms with E-state index in [9.17, 15) is 0 Å². The molecule has 290 valence electrons. The Balaban J connectivity index is 1.15. The highest BCUT2D eigenvalue weighted by Gasteiger charge is 2.43. The Kier molecular flexibility index (Phi) is 7.74. The number of anilines is 3. The molecule has 2 heteroatoms. The predicted molar refractivity (Wildman–Crippen MR) is 256 cm³/mol. The molecule has 1 aromatic heterocycles. The number of fused-ring (bicyclic) bond motifs is 9. The zero-order valence-electron chi connectivity index (χ0n) is 34.6. The van der Waals surface area contributed by atoms with Gasteiger partial charge in [0.05, 0.1) is 16.7 Å². The highest BCUT2D eigenvalue weighted by molar-refractivity contribution is 6.16. The molecule has 0 N–H and O–H groups in total. The van der Waals surface area contributed by atoms with Crippen LogP contribution in [0.15, 0.2) is 212 Å². The number of rotatable bonds is 6. The molecule has 61 heavy (non-hydrogen) atoms. The molecule has 1 unspecified atom stereocenters. The van der Waals surface area contributed by atoms with Crippen LogP contribution in [-0.2, 0) is 10.8 Å². The van der Waals surface area contributed by atoms with Crippen molar-refractivity contribution in [3.05, 3.63) is 240 Å². The van der Waals surface area contributed by atoms with Gasteiger partial charge in [0.2, 0.25) is 0 Å². The van der Waals surface area contributed by atoms with Crippen molar-refractivity contribution in [2.24, 2.45) is 0 Å². The van der Waals surface area contributed by atoms with Crippen LogP contribution in [0, 0.1) is 0 Å². The third-order valence-electron chi connectivity index (χ3n) is 13.9. The van der Waals surface area contributed by atoms with E-state index in [1.165, 1.54) is 83.0 Å². The summed E-state index contributed by atoms with van der Waals surface area (Å²) in [5, 5.41) is 2.46. The molecule has 0 amide bonds. The molecule has 0 radical (unpaired) electrons. The van der Waals surface area contributed by atoms with Crippen LogP contribution in [0.3, 0.4) is 0 Å². The molecule has 0 bridgehead atoms. The lowest BCUT2D eigenvalue weighted by molar-refractivity contribution is 0.660. The zero-order chi connectivity index (χ0) is 40.9. The fraction of sp³-hybridized carbons (Fsp3) is 0.0847. The number of hydrogen-bond donors (Lipinski definition) is 0. The van der Waals surface area contributed by atoms with Gasteiger partial charge in [-0.1, -0.05) is 172 Å². The Hall–Kier alpha value is -7.42. The Morgan fingerprint density at radius 2 is 0.984 bits per heavy atom. The summed E-state index contributed by atoms with van der Waals surface area (Å²) >= 11 is 0. The lowest BCUT2D eigenvalue weighted by Gasteiger charge is -2.32. The zero-order valence-corrected chi connectivity index (χ0v) is 34.6. The maximum atomic E-state index is 2.54. The summed E-state index contributed by atoms with van der Waals surface area (Å²) in [4.78, 5) is 2.54. The van der Waals surface area contributed by atoms with Gasteiger partial charge in [0.15, 0.2) is 0 Å². The molecule has 2 aliphatic carbocycles. The van der Waals surface area contributed by atoms with Gasteiger partial charge in [0.1, 0.15) is 0 Å². The van der Waals surface area contributed by atoms with Crippen LogP contribution in [-0.4, -0.2) is 4.57 Å². The van der Waals surface area contributed by atoms with Gasteiger partial charge in [-0.15, -0.1) is 0 Å². The van der Waals surface area contributed by atoms with Crippen molar-refractivity contribution in [1.29, 1.82) is 0 Å². The molecule has 0 aliphatic heterocycles. The second-order valence-corrected chi connectivity index (χ2v) is 17.4. The van der Waals surface area contributed by atoms with Gasteiger partial charge in [-0.3, -0.25) is 0 Å². The maximum Gasteiger partial charge on any atom is 0.0562 e. The minimum absolute atomic E-state index is 0.151. The van der Waals surface area contributed by atoms with Crippen molar-refractivity contribution in [3.8, 4) is 39.1 Å². The highest BCUT2D eigenvalue weighted by atomic mass is 15.1. The van der Waals surface area contributed by atoms with Gasteiger partial charge in [-0.25, -0.2) is 0 Å². The van der Waals surface area contributed by atoms with E-state index in [4.69, 9.17) is 0 Å². The molecule has 0 saturated carbocycles. The van der Waals surface area contributed by atoms with E-state index in [0.29, 0.717) is 0 Å². The molecule has 2 nitrogen and oxygen atoms in total. The Morgan fingerprint density at radius 3 is 1.77 bits per heavy atom. The third-order valence-corrected chi connectivity index (χ3v) is 13.9. The van der Waals surface area contributed by atoms with E-state index in [2.05, 4.69) is 243 Å². The number of hydrogen-bond acceptors (Lipinski definition) is 1. The van der Waals surface area contributed by atoms with E-state index in [1.54, 1.807) is 0 Å². The van der Waals surface area contributed by atoms with Crippen molar-refractivity contribution < 1.29 is 0 Å². The fourth-order valence-electron chi connectivity index (χ4n) is 10.9. The molecule has 0 fully saturated rings. The molecule has 1 heterocycles. The van der Waals surface area contributed by atoms with Crippen LogP contribution in [0.5, 0.6) is 0 Å². The second-order valence-electron chi connectivity index (χ2n) is 17.4. The van der Waals surface area contributed by atoms with E-state index < -0.39 is 5.41 Å². The van der Waals surface area contributed by atoms with E-state index in [0.717, 1.165) is 22.7 Å². The summed E-state index contributed by atoms with van der Waals surface area (Å²) in [7, 11) is 0. The van der Waals surface area contributed by atoms with E-state index >= 15 is 0 Å². The topological polar surface area (TPSA) is 8.17 Å². The first-order chi connectivity index (χ1) is 29.9. The fourth-order valence-corrected chi connectivity index (χ4v) is 10.9. The molecule has 9 aromatic carbocycles. The highest BCUT2D eigenvalue weighted by Crippen LogP contribution is 2.57. The summed E-state index contributed by atoms with van der Waals surface area (Å²) in [5.74, 6) is 0. The molecule has 0 saturated heterocycles. The number of para-hydroxylation sites is 2. The number of aromatic nitrogens is 1. The third kappa shape index (κ3) is 5.09.